The van der Waals surface area contributed by atoms with Crippen LogP contribution in [0, 0.1) is 17.0 Å². The van der Waals surface area contributed by atoms with Crippen molar-refractivity contribution in [3.8, 4) is 0 Å². The molecule has 0 amide bonds. The van der Waals surface area contributed by atoms with Gasteiger partial charge in [-0.3, -0.25) is 10.1 Å². The second-order valence-corrected chi connectivity index (χ2v) is 3.46. The predicted molar refractivity (Wildman–Crippen MR) is 49.7 cm³/mol. The van der Waals surface area contributed by atoms with E-state index in [4.69, 9.17) is 0 Å². The molecule has 0 aromatic carbocycles. The van der Waals surface area contributed by atoms with Crippen molar-refractivity contribution in [1.29, 1.82) is 0 Å². The van der Waals surface area contributed by atoms with Gasteiger partial charge in [0.1, 0.15) is 0 Å². The molecule has 4 heteroatoms. The summed E-state index contributed by atoms with van der Waals surface area (Å²) in [6, 6.07) is 1.95. The average Bonchev–Trinajstić information content (AvgIpc) is 2.36. The third-order valence-electron chi connectivity index (χ3n) is 1.53. The van der Waals surface area contributed by atoms with Crippen molar-refractivity contribution in [3.05, 3.63) is 37.7 Å². The van der Waals surface area contributed by atoms with Crippen LogP contribution in [0.4, 0.5) is 0 Å². The first-order valence-corrected chi connectivity index (χ1v) is 4.36. The highest BCUT2D eigenvalue weighted by Gasteiger charge is 2.04. The molecule has 12 heavy (non-hydrogen) atoms. The highest BCUT2D eigenvalue weighted by Crippen LogP contribution is 2.18. The van der Waals surface area contributed by atoms with Crippen LogP contribution in [0.2, 0.25) is 0 Å². The first kappa shape index (κ1) is 8.93. The van der Waals surface area contributed by atoms with E-state index < -0.39 is 0 Å². The Morgan fingerprint density at radius 3 is 2.83 bits per heavy atom. The molecular weight excluding hydrogens is 174 g/mol. The molecule has 0 spiro atoms. The summed E-state index contributed by atoms with van der Waals surface area (Å²) in [5.41, 5.74) is 1.27. The van der Waals surface area contributed by atoms with Gasteiger partial charge in [0.05, 0.1) is 4.92 Å². The standard InChI is InChI=1S/C8H9NO2S/c1-6-3-4-12-8(6)5-7(2)9(10)11/h3-5H,1-2H3/b7-5-. The lowest BCUT2D eigenvalue weighted by atomic mass is 10.2. The van der Waals surface area contributed by atoms with Gasteiger partial charge in [0, 0.05) is 17.9 Å². The summed E-state index contributed by atoms with van der Waals surface area (Å²) in [5.74, 6) is 0. The largest absolute Gasteiger partial charge is 0.259 e. The summed E-state index contributed by atoms with van der Waals surface area (Å²) in [5, 5.41) is 12.2. The number of rotatable bonds is 2. The van der Waals surface area contributed by atoms with Crippen molar-refractivity contribution in [2.24, 2.45) is 0 Å². The lowest BCUT2D eigenvalue weighted by molar-refractivity contribution is -0.422. The van der Waals surface area contributed by atoms with Crippen LogP contribution in [0.15, 0.2) is 17.1 Å². The maximum Gasteiger partial charge on any atom is 0.244 e. The Balaban J connectivity index is 2.95. The SMILES string of the molecule is C/C(=C/c1sccc1C)[N+](=O)[O-]. The molecule has 64 valence electrons. The number of thiophene rings is 1. The average molecular weight is 183 g/mol. The molecule has 0 saturated carbocycles. The first-order valence-electron chi connectivity index (χ1n) is 3.48. The zero-order chi connectivity index (χ0) is 9.14. The quantitative estimate of drug-likeness (QED) is 0.522. The van der Waals surface area contributed by atoms with E-state index in [0.717, 1.165) is 10.4 Å². The Labute approximate surface area is 74.5 Å². The van der Waals surface area contributed by atoms with E-state index in [1.54, 1.807) is 6.08 Å². The maximum atomic E-state index is 10.3. The van der Waals surface area contributed by atoms with Crippen LogP contribution < -0.4 is 0 Å². The zero-order valence-electron chi connectivity index (χ0n) is 6.90. The fourth-order valence-electron chi connectivity index (χ4n) is 0.775. The minimum absolute atomic E-state index is 0.181. The van der Waals surface area contributed by atoms with Gasteiger partial charge >= 0.3 is 0 Å². The van der Waals surface area contributed by atoms with Gasteiger partial charge in [-0.05, 0) is 23.9 Å². The van der Waals surface area contributed by atoms with E-state index in [9.17, 15) is 10.1 Å². The monoisotopic (exact) mass is 183 g/mol. The molecule has 1 rings (SSSR count). The van der Waals surface area contributed by atoms with Crippen LogP contribution >= 0.6 is 11.3 Å². The fourth-order valence-corrected chi connectivity index (χ4v) is 1.69. The van der Waals surface area contributed by atoms with E-state index in [2.05, 4.69) is 0 Å². The zero-order valence-corrected chi connectivity index (χ0v) is 7.72. The highest BCUT2D eigenvalue weighted by atomic mass is 32.1. The molecule has 0 atom stereocenters. The second kappa shape index (κ2) is 3.49. The van der Waals surface area contributed by atoms with Gasteiger partial charge in [-0.15, -0.1) is 11.3 Å². The minimum atomic E-state index is -0.376. The number of nitrogens with zero attached hydrogens (tertiary/aromatic N) is 1. The Bertz CT molecular complexity index is 328. The van der Waals surface area contributed by atoms with Gasteiger partial charge in [0.25, 0.3) is 0 Å². The summed E-state index contributed by atoms with van der Waals surface area (Å²) in [4.78, 5) is 10.9. The Hall–Kier alpha value is -1.16. The van der Waals surface area contributed by atoms with Crippen LogP contribution in [-0.4, -0.2) is 4.92 Å². The third kappa shape index (κ3) is 1.92. The molecule has 0 unspecified atom stereocenters. The van der Waals surface area contributed by atoms with E-state index in [1.165, 1.54) is 18.3 Å². The number of aryl methyl sites for hydroxylation is 1. The topological polar surface area (TPSA) is 43.1 Å². The summed E-state index contributed by atoms with van der Waals surface area (Å²) < 4.78 is 0. The van der Waals surface area contributed by atoms with E-state index in [1.807, 2.05) is 18.4 Å². The van der Waals surface area contributed by atoms with Crippen LogP contribution in [0.5, 0.6) is 0 Å². The summed E-state index contributed by atoms with van der Waals surface area (Å²) in [7, 11) is 0. The van der Waals surface area contributed by atoms with Crippen LogP contribution in [0.3, 0.4) is 0 Å². The van der Waals surface area contributed by atoms with Crippen LogP contribution in [0.25, 0.3) is 6.08 Å². The van der Waals surface area contributed by atoms with Crippen molar-refractivity contribution in [2.45, 2.75) is 13.8 Å². The van der Waals surface area contributed by atoms with Gasteiger partial charge in [-0.2, -0.15) is 0 Å². The lowest BCUT2D eigenvalue weighted by Crippen LogP contribution is -1.92. The summed E-state index contributed by atoms with van der Waals surface area (Å²) in [6.07, 6.45) is 1.60. The molecule has 1 aromatic heterocycles. The number of hydrogen-bond donors (Lipinski definition) is 0. The van der Waals surface area contributed by atoms with Crippen molar-refractivity contribution < 1.29 is 4.92 Å². The Morgan fingerprint density at radius 2 is 2.42 bits per heavy atom. The first-order chi connectivity index (χ1) is 5.61. The summed E-state index contributed by atoms with van der Waals surface area (Å²) in [6.45, 7) is 3.44. The van der Waals surface area contributed by atoms with Gasteiger partial charge in [0.2, 0.25) is 5.70 Å². The third-order valence-corrected chi connectivity index (χ3v) is 2.50. The van der Waals surface area contributed by atoms with Crippen LogP contribution in [-0.2, 0) is 0 Å². The molecule has 0 bridgehead atoms. The van der Waals surface area contributed by atoms with E-state index >= 15 is 0 Å². The fraction of sp³-hybridized carbons (Fsp3) is 0.250. The van der Waals surface area contributed by atoms with Crippen molar-refractivity contribution in [1.82, 2.24) is 0 Å². The molecule has 1 heterocycles. The van der Waals surface area contributed by atoms with Gasteiger partial charge < -0.3 is 0 Å². The molecule has 0 aliphatic carbocycles. The highest BCUT2D eigenvalue weighted by molar-refractivity contribution is 7.11. The molecule has 0 fully saturated rings. The molecule has 0 saturated heterocycles. The van der Waals surface area contributed by atoms with Crippen molar-refractivity contribution in [3.63, 3.8) is 0 Å². The van der Waals surface area contributed by atoms with E-state index in [-0.39, 0.29) is 10.6 Å². The normalized spacial score (nSPS) is 11.7. The van der Waals surface area contributed by atoms with Crippen molar-refractivity contribution in [2.75, 3.05) is 0 Å². The minimum Gasteiger partial charge on any atom is -0.259 e. The lowest BCUT2D eigenvalue weighted by Gasteiger charge is -1.90. The number of hydrogen-bond acceptors (Lipinski definition) is 3. The summed E-state index contributed by atoms with van der Waals surface area (Å²) >= 11 is 1.51. The molecule has 0 N–H and O–H groups in total. The molecule has 1 aromatic rings. The number of allylic oxidation sites excluding steroid dienone is 1. The number of nitro groups is 1. The molecule has 0 radical (unpaired) electrons. The predicted octanol–water partition coefficient (Wildman–Crippen LogP) is 2.69. The second-order valence-electron chi connectivity index (χ2n) is 2.51. The maximum absolute atomic E-state index is 10.3. The molecule has 3 nitrogen and oxygen atoms in total. The van der Waals surface area contributed by atoms with Gasteiger partial charge in [-0.25, -0.2) is 0 Å². The molecular formula is C8H9NO2S. The van der Waals surface area contributed by atoms with Crippen LogP contribution in [0.1, 0.15) is 17.4 Å². The Morgan fingerprint density at radius 1 is 1.75 bits per heavy atom. The Kier molecular flexibility index (Phi) is 2.60. The smallest absolute Gasteiger partial charge is 0.244 e. The van der Waals surface area contributed by atoms with Gasteiger partial charge in [-0.1, -0.05) is 0 Å². The molecule has 0 aliphatic rings. The van der Waals surface area contributed by atoms with Gasteiger partial charge in [0.15, 0.2) is 0 Å². The van der Waals surface area contributed by atoms with E-state index in [0.29, 0.717) is 0 Å². The molecule has 0 aliphatic heterocycles. The van der Waals surface area contributed by atoms with Crippen molar-refractivity contribution >= 4 is 17.4 Å².